The fourth-order valence-electron chi connectivity index (χ4n) is 2.29. The van der Waals surface area contributed by atoms with Crippen molar-refractivity contribution in [3.05, 3.63) is 0 Å². The number of hydrogen-bond acceptors (Lipinski definition) is 3. The summed E-state index contributed by atoms with van der Waals surface area (Å²) in [7, 11) is 0. The third-order valence-electron chi connectivity index (χ3n) is 3.30. The van der Waals surface area contributed by atoms with Crippen molar-refractivity contribution in [3.8, 4) is 0 Å². The number of rotatable bonds is 5. The molecule has 0 spiro atoms. The summed E-state index contributed by atoms with van der Waals surface area (Å²) in [6.07, 6.45) is 2.04. The highest BCUT2D eigenvalue weighted by Crippen LogP contribution is 2.16. The quantitative estimate of drug-likeness (QED) is 0.789. The van der Waals surface area contributed by atoms with Crippen molar-refractivity contribution >= 4 is 5.91 Å². The van der Waals surface area contributed by atoms with E-state index in [4.69, 9.17) is 10.5 Å². The van der Waals surface area contributed by atoms with Gasteiger partial charge in [-0.3, -0.25) is 4.79 Å². The van der Waals surface area contributed by atoms with Crippen LogP contribution in [0.25, 0.3) is 0 Å². The van der Waals surface area contributed by atoms with E-state index in [1.54, 1.807) is 0 Å². The Bertz CT molecular complexity index is 244. The normalized spacial score (nSPS) is 22.9. The average molecular weight is 242 g/mol. The fourth-order valence-corrected chi connectivity index (χ4v) is 2.29. The van der Waals surface area contributed by atoms with Gasteiger partial charge in [-0.15, -0.1) is 0 Å². The van der Waals surface area contributed by atoms with Gasteiger partial charge in [0.2, 0.25) is 5.91 Å². The Balaban J connectivity index is 2.54. The van der Waals surface area contributed by atoms with Crippen LogP contribution >= 0.6 is 0 Å². The molecule has 2 N–H and O–H groups in total. The van der Waals surface area contributed by atoms with Crippen LogP contribution in [-0.4, -0.2) is 43.2 Å². The minimum atomic E-state index is -0.0226. The summed E-state index contributed by atoms with van der Waals surface area (Å²) in [5.41, 5.74) is 5.72. The van der Waals surface area contributed by atoms with Gasteiger partial charge in [0.15, 0.2) is 0 Å². The molecule has 2 atom stereocenters. The van der Waals surface area contributed by atoms with Crippen LogP contribution in [0.1, 0.15) is 33.6 Å². The summed E-state index contributed by atoms with van der Waals surface area (Å²) in [6.45, 7) is 8.89. The van der Waals surface area contributed by atoms with Crippen molar-refractivity contribution in [2.45, 2.75) is 39.7 Å². The minimum Gasteiger partial charge on any atom is -0.375 e. The fraction of sp³-hybridized carbons (Fsp3) is 0.923. The highest BCUT2D eigenvalue weighted by Gasteiger charge is 2.28. The molecule has 0 aromatic carbocycles. The lowest BCUT2D eigenvalue weighted by atomic mass is 9.95. The van der Waals surface area contributed by atoms with Crippen molar-refractivity contribution in [1.82, 2.24) is 4.90 Å². The first kappa shape index (κ1) is 14.5. The van der Waals surface area contributed by atoms with Gasteiger partial charge in [0.05, 0.1) is 18.6 Å². The van der Waals surface area contributed by atoms with Crippen LogP contribution in [0.4, 0.5) is 0 Å². The molecular formula is C13H26N2O2. The standard InChI is InChI=1S/C13H26N2O2/c1-4-12-9-15(5-6-17-12)13(16)11(8-14)7-10(2)3/h10-12H,4-9,14H2,1-3H3. The smallest absolute Gasteiger partial charge is 0.227 e. The van der Waals surface area contributed by atoms with Crippen LogP contribution in [0, 0.1) is 11.8 Å². The number of amides is 1. The molecule has 1 heterocycles. The molecule has 4 nitrogen and oxygen atoms in total. The molecule has 1 fully saturated rings. The van der Waals surface area contributed by atoms with E-state index in [0.29, 0.717) is 25.6 Å². The maximum atomic E-state index is 12.3. The summed E-state index contributed by atoms with van der Waals surface area (Å²) >= 11 is 0. The van der Waals surface area contributed by atoms with E-state index in [2.05, 4.69) is 20.8 Å². The van der Waals surface area contributed by atoms with Gasteiger partial charge >= 0.3 is 0 Å². The second-order valence-corrected chi connectivity index (χ2v) is 5.25. The summed E-state index contributed by atoms with van der Waals surface area (Å²) in [5, 5.41) is 0. The zero-order chi connectivity index (χ0) is 12.8. The largest absolute Gasteiger partial charge is 0.375 e. The third kappa shape index (κ3) is 4.28. The van der Waals surface area contributed by atoms with Crippen LogP contribution in [0.2, 0.25) is 0 Å². The molecule has 0 bridgehead atoms. The lowest BCUT2D eigenvalue weighted by molar-refractivity contribution is -0.143. The van der Waals surface area contributed by atoms with Crippen molar-refractivity contribution in [3.63, 3.8) is 0 Å². The number of morpholine rings is 1. The predicted octanol–water partition coefficient (Wildman–Crippen LogP) is 1.24. The van der Waals surface area contributed by atoms with Gasteiger partial charge in [0, 0.05) is 19.6 Å². The monoisotopic (exact) mass is 242 g/mol. The molecule has 0 aromatic heterocycles. The molecule has 0 saturated carbocycles. The van der Waals surface area contributed by atoms with Crippen molar-refractivity contribution in [2.75, 3.05) is 26.2 Å². The summed E-state index contributed by atoms with van der Waals surface area (Å²) in [5.74, 6) is 0.698. The summed E-state index contributed by atoms with van der Waals surface area (Å²) in [6, 6.07) is 0. The highest BCUT2D eigenvalue weighted by molar-refractivity contribution is 5.79. The van der Waals surface area contributed by atoms with Gasteiger partial charge in [0.25, 0.3) is 0 Å². The zero-order valence-electron chi connectivity index (χ0n) is 11.3. The molecule has 100 valence electrons. The number of carbonyl (C=O) groups excluding carboxylic acids is 1. The molecule has 1 rings (SSSR count). The molecule has 0 radical (unpaired) electrons. The SMILES string of the molecule is CCC1CN(C(=O)C(CN)CC(C)C)CCO1. The van der Waals surface area contributed by atoms with Gasteiger partial charge < -0.3 is 15.4 Å². The van der Waals surface area contributed by atoms with Crippen LogP contribution in [0.15, 0.2) is 0 Å². The highest BCUT2D eigenvalue weighted by atomic mass is 16.5. The third-order valence-corrected chi connectivity index (χ3v) is 3.30. The van der Waals surface area contributed by atoms with E-state index in [1.165, 1.54) is 0 Å². The minimum absolute atomic E-state index is 0.0226. The second-order valence-electron chi connectivity index (χ2n) is 5.25. The van der Waals surface area contributed by atoms with Crippen molar-refractivity contribution in [2.24, 2.45) is 17.6 Å². The summed E-state index contributed by atoms with van der Waals surface area (Å²) < 4.78 is 5.58. The van der Waals surface area contributed by atoms with E-state index in [-0.39, 0.29) is 17.9 Å². The van der Waals surface area contributed by atoms with Crippen LogP contribution in [0.5, 0.6) is 0 Å². The van der Waals surface area contributed by atoms with Crippen LogP contribution < -0.4 is 5.73 Å². The Morgan fingerprint density at radius 2 is 2.24 bits per heavy atom. The molecular weight excluding hydrogens is 216 g/mol. The topological polar surface area (TPSA) is 55.6 Å². The van der Waals surface area contributed by atoms with Crippen LogP contribution in [-0.2, 0) is 9.53 Å². The Labute approximate surface area is 104 Å². The van der Waals surface area contributed by atoms with Gasteiger partial charge in [-0.25, -0.2) is 0 Å². The maximum Gasteiger partial charge on any atom is 0.227 e. The zero-order valence-corrected chi connectivity index (χ0v) is 11.3. The van der Waals surface area contributed by atoms with Gasteiger partial charge in [-0.2, -0.15) is 0 Å². The van der Waals surface area contributed by atoms with Crippen LogP contribution in [0.3, 0.4) is 0 Å². The molecule has 0 aliphatic carbocycles. The lowest BCUT2D eigenvalue weighted by Crippen LogP contribution is -2.49. The summed E-state index contributed by atoms with van der Waals surface area (Å²) in [4.78, 5) is 14.2. The number of nitrogens with two attached hydrogens (primary N) is 1. The van der Waals surface area contributed by atoms with E-state index >= 15 is 0 Å². The number of carbonyl (C=O) groups is 1. The van der Waals surface area contributed by atoms with Gasteiger partial charge in [-0.1, -0.05) is 20.8 Å². The van der Waals surface area contributed by atoms with E-state index in [1.807, 2.05) is 4.90 Å². The molecule has 1 saturated heterocycles. The Morgan fingerprint density at radius 1 is 1.53 bits per heavy atom. The van der Waals surface area contributed by atoms with E-state index in [0.717, 1.165) is 19.4 Å². The number of ether oxygens (including phenoxy) is 1. The predicted molar refractivity (Wildman–Crippen MR) is 68.6 cm³/mol. The molecule has 1 aliphatic rings. The first-order valence-corrected chi connectivity index (χ1v) is 6.68. The number of nitrogens with zero attached hydrogens (tertiary/aromatic N) is 1. The van der Waals surface area contributed by atoms with Gasteiger partial charge in [-0.05, 0) is 18.8 Å². The van der Waals surface area contributed by atoms with E-state index in [9.17, 15) is 4.79 Å². The van der Waals surface area contributed by atoms with Crippen molar-refractivity contribution in [1.29, 1.82) is 0 Å². The molecule has 4 heteroatoms. The average Bonchev–Trinajstić information content (AvgIpc) is 2.35. The lowest BCUT2D eigenvalue weighted by Gasteiger charge is -2.34. The molecule has 0 aromatic rings. The Kier molecular flexibility index (Phi) is 5.92. The Morgan fingerprint density at radius 3 is 2.76 bits per heavy atom. The molecule has 2 unspecified atom stereocenters. The second kappa shape index (κ2) is 6.97. The van der Waals surface area contributed by atoms with E-state index < -0.39 is 0 Å². The number of hydrogen-bond donors (Lipinski definition) is 1. The molecule has 1 amide bonds. The first-order chi connectivity index (χ1) is 8.08. The first-order valence-electron chi connectivity index (χ1n) is 6.68. The van der Waals surface area contributed by atoms with Gasteiger partial charge in [0.1, 0.15) is 0 Å². The van der Waals surface area contributed by atoms with Crippen molar-refractivity contribution < 1.29 is 9.53 Å². The molecule has 17 heavy (non-hydrogen) atoms. The Hall–Kier alpha value is -0.610. The maximum absolute atomic E-state index is 12.3. The molecule has 1 aliphatic heterocycles.